The summed E-state index contributed by atoms with van der Waals surface area (Å²) in [5, 5.41) is 3.92. The molecule has 0 aliphatic heterocycles. The van der Waals surface area contributed by atoms with Crippen LogP contribution in [0.2, 0.25) is 0 Å². The molecule has 0 aliphatic rings. The first-order valence-corrected chi connectivity index (χ1v) is 11.4. The first kappa shape index (κ1) is 22.0. The number of para-hydroxylation sites is 1. The normalized spacial score (nSPS) is 12.3. The second-order valence-electron chi connectivity index (χ2n) is 6.79. The molecule has 3 aromatic carbocycles. The van der Waals surface area contributed by atoms with E-state index in [1.165, 1.54) is 13.1 Å². The predicted octanol–water partition coefficient (Wildman–Crippen LogP) is 3.78. The molecule has 0 saturated heterocycles. The standard InChI is InChI=1S/C23H23N3O4S/c1-18(23(27)25-24-17-19-9-5-3-6-10-19)26(31(2,28)29)20-13-15-22(16-14-20)30-21-11-7-4-8-12-21/h3-18H,1-2H3,(H,25,27)/b24-17-/t18-/m1/s1. The third-order valence-corrected chi connectivity index (χ3v) is 5.59. The number of hydrogen-bond acceptors (Lipinski definition) is 5. The number of nitrogens with zero attached hydrogens (tertiary/aromatic N) is 2. The zero-order chi connectivity index (χ0) is 22.3. The minimum Gasteiger partial charge on any atom is -0.457 e. The lowest BCUT2D eigenvalue weighted by molar-refractivity contribution is -0.121. The number of amides is 1. The zero-order valence-electron chi connectivity index (χ0n) is 17.2. The summed E-state index contributed by atoms with van der Waals surface area (Å²) < 4.78 is 31.6. The van der Waals surface area contributed by atoms with Crippen LogP contribution in [0.25, 0.3) is 0 Å². The number of sulfonamides is 1. The Morgan fingerprint density at radius 3 is 2.06 bits per heavy atom. The highest BCUT2D eigenvalue weighted by atomic mass is 32.2. The van der Waals surface area contributed by atoms with Gasteiger partial charge in [0.1, 0.15) is 17.5 Å². The van der Waals surface area contributed by atoms with Gasteiger partial charge in [-0.15, -0.1) is 0 Å². The molecular weight excluding hydrogens is 414 g/mol. The van der Waals surface area contributed by atoms with Crippen LogP contribution in [0.15, 0.2) is 90.0 Å². The zero-order valence-corrected chi connectivity index (χ0v) is 18.0. The van der Waals surface area contributed by atoms with Gasteiger partial charge in [0.15, 0.2) is 0 Å². The van der Waals surface area contributed by atoms with Crippen LogP contribution in [0, 0.1) is 0 Å². The van der Waals surface area contributed by atoms with Crippen molar-refractivity contribution in [1.29, 1.82) is 0 Å². The lowest BCUT2D eigenvalue weighted by Crippen LogP contribution is -2.46. The molecule has 3 rings (SSSR count). The minimum absolute atomic E-state index is 0.345. The van der Waals surface area contributed by atoms with Crippen molar-refractivity contribution in [3.05, 3.63) is 90.5 Å². The molecule has 1 N–H and O–H groups in total. The summed E-state index contributed by atoms with van der Waals surface area (Å²) in [5.74, 6) is 0.662. The van der Waals surface area contributed by atoms with Crippen molar-refractivity contribution in [2.45, 2.75) is 13.0 Å². The number of nitrogens with one attached hydrogen (secondary N) is 1. The van der Waals surface area contributed by atoms with Gasteiger partial charge < -0.3 is 4.74 Å². The summed E-state index contributed by atoms with van der Waals surface area (Å²) >= 11 is 0. The molecule has 0 bridgehead atoms. The monoisotopic (exact) mass is 437 g/mol. The average Bonchev–Trinajstić information content (AvgIpc) is 2.75. The van der Waals surface area contributed by atoms with E-state index in [9.17, 15) is 13.2 Å². The fourth-order valence-electron chi connectivity index (χ4n) is 2.90. The summed E-state index contributed by atoms with van der Waals surface area (Å²) in [6.45, 7) is 1.50. The van der Waals surface area contributed by atoms with E-state index in [0.29, 0.717) is 17.2 Å². The Bertz CT molecular complexity index is 1130. The van der Waals surface area contributed by atoms with Crippen LogP contribution in [0.5, 0.6) is 11.5 Å². The number of rotatable bonds is 8. The first-order valence-electron chi connectivity index (χ1n) is 9.55. The van der Waals surface area contributed by atoms with Gasteiger partial charge in [0.25, 0.3) is 5.91 Å². The van der Waals surface area contributed by atoms with E-state index in [1.807, 2.05) is 60.7 Å². The van der Waals surface area contributed by atoms with Crippen LogP contribution in [-0.2, 0) is 14.8 Å². The summed E-state index contributed by atoms with van der Waals surface area (Å²) in [6, 6.07) is 24.0. The van der Waals surface area contributed by atoms with Gasteiger partial charge in [-0.3, -0.25) is 9.10 Å². The molecule has 0 aromatic heterocycles. The van der Waals surface area contributed by atoms with Gasteiger partial charge in [0.05, 0.1) is 18.2 Å². The molecule has 3 aromatic rings. The van der Waals surface area contributed by atoms with E-state index in [1.54, 1.807) is 24.3 Å². The highest BCUT2D eigenvalue weighted by Crippen LogP contribution is 2.26. The number of anilines is 1. The molecule has 1 amide bonds. The molecule has 7 nitrogen and oxygen atoms in total. The molecule has 0 unspecified atom stereocenters. The Balaban J connectivity index is 1.73. The minimum atomic E-state index is -3.73. The summed E-state index contributed by atoms with van der Waals surface area (Å²) in [7, 11) is -3.73. The topological polar surface area (TPSA) is 88.1 Å². The fourth-order valence-corrected chi connectivity index (χ4v) is 4.07. The van der Waals surface area contributed by atoms with Gasteiger partial charge in [-0.25, -0.2) is 13.8 Å². The third kappa shape index (κ3) is 6.16. The third-order valence-electron chi connectivity index (χ3n) is 4.35. The maximum Gasteiger partial charge on any atom is 0.263 e. The number of hydrogen-bond donors (Lipinski definition) is 1. The van der Waals surface area contributed by atoms with Gasteiger partial charge in [-0.1, -0.05) is 48.5 Å². The number of hydrazone groups is 1. The van der Waals surface area contributed by atoms with Crippen molar-refractivity contribution in [2.24, 2.45) is 5.10 Å². The molecule has 0 spiro atoms. The van der Waals surface area contributed by atoms with Crippen LogP contribution in [0.4, 0.5) is 5.69 Å². The van der Waals surface area contributed by atoms with Crippen molar-refractivity contribution in [2.75, 3.05) is 10.6 Å². The smallest absolute Gasteiger partial charge is 0.263 e. The second-order valence-corrected chi connectivity index (χ2v) is 8.65. The van der Waals surface area contributed by atoms with E-state index in [-0.39, 0.29) is 0 Å². The molecule has 31 heavy (non-hydrogen) atoms. The van der Waals surface area contributed by atoms with Crippen molar-refractivity contribution in [1.82, 2.24) is 5.43 Å². The molecule has 0 heterocycles. The molecule has 0 radical (unpaired) electrons. The maximum absolute atomic E-state index is 12.5. The Kier molecular flexibility index (Phi) is 7.04. The van der Waals surface area contributed by atoms with Crippen molar-refractivity contribution < 1.29 is 17.9 Å². The van der Waals surface area contributed by atoms with Crippen LogP contribution in [-0.4, -0.2) is 32.8 Å². The van der Waals surface area contributed by atoms with E-state index in [0.717, 1.165) is 16.1 Å². The SMILES string of the molecule is C[C@H](C(=O)N/N=C\c1ccccc1)N(c1ccc(Oc2ccccc2)cc1)S(C)(=O)=O. The van der Waals surface area contributed by atoms with Gasteiger partial charge in [0.2, 0.25) is 10.0 Å². The van der Waals surface area contributed by atoms with Crippen molar-refractivity contribution in [3.63, 3.8) is 0 Å². The van der Waals surface area contributed by atoms with Gasteiger partial charge in [-0.05, 0) is 48.9 Å². The number of benzene rings is 3. The Morgan fingerprint density at radius 2 is 1.48 bits per heavy atom. The lowest BCUT2D eigenvalue weighted by Gasteiger charge is -2.27. The van der Waals surface area contributed by atoms with Crippen LogP contribution in [0.1, 0.15) is 12.5 Å². The molecule has 1 atom stereocenters. The summed E-state index contributed by atoms with van der Waals surface area (Å²) in [5.41, 5.74) is 3.55. The van der Waals surface area contributed by atoms with Gasteiger partial charge >= 0.3 is 0 Å². The first-order chi connectivity index (χ1) is 14.8. The van der Waals surface area contributed by atoms with Crippen molar-refractivity contribution in [3.8, 4) is 11.5 Å². The maximum atomic E-state index is 12.5. The Labute approximate surface area is 182 Å². The lowest BCUT2D eigenvalue weighted by atomic mass is 10.2. The fraction of sp³-hybridized carbons (Fsp3) is 0.130. The van der Waals surface area contributed by atoms with Crippen LogP contribution in [0.3, 0.4) is 0 Å². The molecule has 8 heteroatoms. The van der Waals surface area contributed by atoms with E-state index in [4.69, 9.17) is 4.74 Å². The molecule has 0 fully saturated rings. The highest BCUT2D eigenvalue weighted by molar-refractivity contribution is 7.92. The number of ether oxygens (including phenoxy) is 1. The Hall–Kier alpha value is -3.65. The summed E-state index contributed by atoms with van der Waals surface area (Å²) in [6.07, 6.45) is 2.55. The van der Waals surface area contributed by atoms with E-state index < -0.39 is 22.0 Å². The van der Waals surface area contributed by atoms with Crippen LogP contribution >= 0.6 is 0 Å². The van der Waals surface area contributed by atoms with Gasteiger partial charge in [0, 0.05) is 0 Å². The van der Waals surface area contributed by atoms with E-state index in [2.05, 4.69) is 10.5 Å². The molecular formula is C23H23N3O4S. The molecule has 0 saturated carbocycles. The van der Waals surface area contributed by atoms with Crippen LogP contribution < -0.4 is 14.5 Å². The molecule has 160 valence electrons. The predicted molar refractivity (Wildman–Crippen MR) is 122 cm³/mol. The highest BCUT2D eigenvalue weighted by Gasteiger charge is 2.29. The van der Waals surface area contributed by atoms with E-state index >= 15 is 0 Å². The number of carbonyl (C=O) groups excluding carboxylic acids is 1. The second kappa shape index (κ2) is 9.90. The Morgan fingerprint density at radius 1 is 0.935 bits per heavy atom. The quantitative estimate of drug-likeness (QED) is 0.429. The van der Waals surface area contributed by atoms with Crippen molar-refractivity contribution >= 4 is 27.8 Å². The van der Waals surface area contributed by atoms with Gasteiger partial charge in [-0.2, -0.15) is 5.10 Å². The largest absolute Gasteiger partial charge is 0.457 e. The summed E-state index contributed by atoms with van der Waals surface area (Å²) in [4.78, 5) is 12.5. The average molecular weight is 438 g/mol. The number of carbonyl (C=O) groups is 1. The molecule has 0 aliphatic carbocycles.